The molecule has 2 heterocycles. The van der Waals surface area contributed by atoms with Gasteiger partial charge in [0.2, 0.25) is 0 Å². The standard InChI is InChI=1S/C13H24N6/c1-9-12(17-14)15-10(2)16-13(9)19-7-5-6-11(19)8-18(3)4/h11H,5-8,14H2,1-4H3,(H,15,16,17). The summed E-state index contributed by atoms with van der Waals surface area (Å²) in [4.78, 5) is 13.6. The number of aromatic nitrogens is 2. The minimum atomic E-state index is 0.522. The summed E-state index contributed by atoms with van der Waals surface area (Å²) in [6.45, 7) is 6.03. The second kappa shape index (κ2) is 5.71. The van der Waals surface area contributed by atoms with Gasteiger partial charge in [0.25, 0.3) is 0 Å². The van der Waals surface area contributed by atoms with Gasteiger partial charge in [-0.2, -0.15) is 0 Å². The fourth-order valence-electron chi connectivity index (χ4n) is 2.76. The fraction of sp³-hybridized carbons (Fsp3) is 0.692. The van der Waals surface area contributed by atoms with Crippen LogP contribution in [0.3, 0.4) is 0 Å². The van der Waals surface area contributed by atoms with Gasteiger partial charge in [-0.1, -0.05) is 0 Å². The zero-order valence-electron chi connectivity index (χ0n) is 12.3. The van der Waals surface area contributed by atoms with Gasteiger partial charge in [-0.05, 0) is 40.8 Å². The van der Waals surface area contributed by atoms with Crippen molar-refractivity contribution in [2.75, 3.05) is 37.5 Å². The lowest BCUT2D eigenvalue weighted by Gasteiger charge is -2.29. The van der Waals surface area contributed by atoms with Gasteiger partial charge >= 0.3 is 0 Å². The van der Waals surface area contributed by atoms with Crippen LogP contribution in [0.5, 0.6) is 0 Å². The minimum absolute atomic E-state index is 0.522. The summed E-state index contributed by atoms with van der Waals surface area (Å²) < 4.78 is 0. The topological polar surface area (TPSA) is 70.3 Å². The molecule has 0 aromatic carbocycles. The number of nitrogen functional groups attached to an aromatic ring is 1. The molecular weight excluding hydrogens is 240 g/mol. The number of likely N-dealkylation sites (N-methyl/N-ethyl adjacent to an activating group) is 1. The highest BCUT2D eigenvalue weighted by Crippen LogP contribution is 2.29. The van der Waals surface area contributed by atoms with E-state index in [4.69, 9.17) is 5.84 Å². The maximum Gasteiger partial charge on any atom is 0.148 e. The van der Waals surface area contributed by atoms with Crippen LogP contribution in [0.1, 0.15) is 24.2 Å². The maximum absolute atomic E-state index is 5.54. The Morgan fingerprint density at radius 2 is 2.11 bits per heavy atom. The maximum atomic E-state index is 5.54. The Kier molecular flexibility index (Phi) is 4.21. The van der Waals surface area contributed by atoms with E-state index in [0.29, 0.717) is 6.04 Å². The van der Waals surface area contributed by atoms with Crippen molar-refractivity contribution in [3.8, 4) is 0 Å². The Morgan fingerprint density at radius 1 is 1.37 bits per heavy atom. The van der Waals surface area contributed by atoms with Crippen LogP contribution < -0.4 is 16.2 Å². The van der Waals surface area contributed by atoms with Crippen molar-refractivity contribution in [3.05, 3.63) is 11.4 Å². The summed E-state index contributed by atoms with van der Waals surface area (Å²) in [5, 5.41) is 0. The van der Waals surface area contributed by atoms with Crippen LogP contribution in [0.15, 0.2) is 0 Å². The molecule has 1 atom stereocenters. The van der Waals surface area contributed by atoms with Gasteiger partial charge in [0.05, 0.1) is 0 Å². The summed E-state index contributed by atoms with van der Waals surface area (Å²) in [7, 11) is 4.23. The van der Waals surface area contributed by atoms with Gasteiger partial charge in [-0.3, -0.25) is 0 Å². The van der Waals surface area contributed by atoms with Gasteiger partial charge in [-0.15, -0.1) is 0 Å². The minimum Gasteiger partial charge on any atom is -0.352 e. The monoisotopic (exact) mass is 264 g/mol. The zero-order valence-corrected chi connectivity index (χ0v) is 12.3. The van der Waals surface area contributed by atoms with E-state index < -0.39 is 0 Å². The number of nitrogens with one attached hydrogen (secondary N) is 1. The van der Waals surface area contributed by atoms with E-state index in [9.17, 15) is 0 Å². The molecule has 1 fully saturated rings. The first-order chi connectivity index (χ1) is 9.02. The quantitative estimate of drug-likeness (QED) is 0.622. The Bertz CT molecular complexity index is 445. The van der Waals surface area contributed by atoms with Crippen LogP contribution in [0.4, 0.5) is 11.6 Å². The average Bonchev–Trinajstić information content (AvgIpc) is 2.78. The third-order valence-electron chi connectivity index (χ3n) is 3.59. The van der Waals surface area contributed by atoms with Crippen LogP contribution in [-0.4, -0.2) is 48.1 Å². The van der Waals surface area contributed by atoms with E-state index >= 15 is 0 Å². The van der Waals surface area contributed by atoms with Gasteiger partial charge in [0.1, 0.15) is 17.5 Å². The SMILES string of the molecule is Cc1nc(NN)c(C)c(N2CCCC2CN(C)C)n1. The number of hydrogen-bond acceptors (Lipinski definition) is 6. The third-order valence-corrected chi connectivity index (χ3v) is 3.59. The molecule has 0 bridgehead atoms. The van der Waals surface area contributed by atoms with Crippen molar-refractivity contribution in [2.45, 2.75) is 32.7 Å². The first kappa shape index (κ1) is 14.0. The summed E-state index contributed by atoms with van der Waals surface area (Å²) in [6, 6.07) is 0.522. The molecule has 0 amide bonds. The average molecular weight is 264 g/mol. The normalized spacial score (nSPS) is 19.3. The molecule has 1 aliphatic heterocycles. The van der Waals surface area contributed by atoms with Crippen molar-refractivity contribution in [3.63, 3.8) is 0 Å². The molecule has 0 radical (unpaired) electrons. The molecule has 6 heteroatoms. The second-order valence-electron chi connectivity index (χ2n) is 5.46. The molecule has 106 valence electrons. The Morgan fingerprint density at radius 3 is 2.74 bits per heavy atom. The largest absolute Gasteiger partial charge is 0.352 e. The van der Waals surface area contributed by atoms with E-state index in [2.05, 4.69) is 39.3 Å². The lowest BCUT2D eigenvalue weighted by atomic mass is 10.2. The molecule has 0 saturated carbocycles. The van der Waals surface area contributed by atoms with E-state index in [-0.39, 0.29) is 0 Å². The number of hydrogen-bond donors (Lipinski definition) is 2. The van der Waals surface area contributed by atoms with Crippen LogP contribution >= 0.6 is 0 Å². The van der Waals surface area contributed by atoms with Crippen LogP contribution in [0.25, 0.3) is 0 Å². The molecular formula is C13H24N6. The molecule has 2 rings (SSSR count). The number of nitrogens with zero attached hydrogens (tertiary/aromatic N) is 4. The van der Waals surface area contributed by atoms with E-state index in [1.807, 2.05) is 13.8 Å². The first-order valence-electron chi connectivity index (χ1n) is 6.76. The molecule has 1 unspecified atom stereocenters. The molecule has 1 aromatic rings. The molecule has 1 saturated heterocycles. The van der Waals surface area contributed by atoms with Crippen molar-refractivity contribution in [1.29, 1.82) is 0 Å². The van der Waals surface area contributed by atoms with E-state index in [0.717, 1.165) is 36.1 Å². The number of rotatable bonds is 4. The molecule has 19 heavy (non-hydrogen) atoms. The summed E-state index contributed by atoms with van der Waals surface area (Å²) in [5.41, 5.74) is 3.69. The highest BCUT2D eigenvalue weighted by molar-refractivity contribution is 5.59. The van der Waals surface area contributed by atoms with Crippen LogP contribution in [0, 0.1) is 13.8 Å². The highest BCUT2D eigenvalue weighted by atomic mass is 15.3. The van der Waals surface area contributed by atoms with Gasteiger partial charge < -0.3 is 15.2 Å². The van der Waals surface area contributed by atoms with Crippen molar-refractivity contribution >= 4 is 11.6 Å². The molecule has 0 spiro atoms. The lowest BCUT2D eigenvalue weighted by Crippen LogP contribution is -2.38. The summed E-state index contributed by atoms with van der Waals surface area (Å²) in [6.07, 6.45) is 2.43. The number of hydrazine groups is 1. The first-order valence-corrected chi connectivity index (χ1v) is 6.76. The fourth-order valence-corrected chi connectivity index (χ4v) is 2.76. The lowest BCUT2D eigenvalue weighted by molar-refractivity contribution is 0.371. The zero-order chi connectivity index (χ0) is 14.0. The molecule has 1 aliphatic rings. The van der Waals surface area contributed by atoms with Crippen LogP contribution in [0.2, 0.25) is 0 Å². The van der Waals surface area contributed by atoms with Gasteiger partial charge in [0, 0.05) is 24.7 Å². The Balaban J connectivity index is 2.32. The predicted octanol–water partition coefficient (Wildman–Crippen LogP) is 0.909. The smallest absolute Gasteiger partial charge is 0.148 e. The van der Waals surface area contributed by atoms with E-state index in [1.54, 1.807) is 0 Å². The van der Waals surface area contributed by atoms with Crippen LogP contribution in [-0.2, 0) is 0 Å². The predicted molar refractivity (Wildman–Crippen MR) is 78.2 cm³/mol. The van der Waals surface area contributed by atoms with E-state index in [1.165, 1.54) is 12.8 Å². The number of aryl methyl sites for hydroxylation is 1. The van der Waals surface area contributed by atoms with Gasteiger partial charge in [-0.25, -0.2) is 15.8 Å². The molecule has 1 aromatic heterocycles. The summed E-state index contributed by atoms with van der Waals surface area (Å²) >= 11 is 0. The molecule has 6 nitrogen and oxygen atoms in total. The van der Waals surface area contributed by atoms with Gasteiger partial charge in [0.15, 0.2) is 0 Å². The molecule has 0 aliphatic carbocycles. The molecule has 3 N–H and O–H groups in total. The number of nitrogens with two attached hydrogens (primary N) is 1. The highest BCUT2D eigenvalue weighted by Gasteiger charge is 2.28. The van der Waals surface area contributed by atoms with Crippen molar-refractivity contribution in [1.82, 2.24) is 14.9 Å². The van der Waals surface area contributed by atoms with Crippen molar-refractivity contribution < 1.29 is 0 Å². The second-order valence-corrected chi connectivity index (χ2v) is 5.46. The third kappa shape index (κ3) is 2.96. The van der Waals surface area contributed by atoms with Crippen molar-refractivity contribution in [2.24, 2.45) is 5.84 Å². The Labute approximate surface area is 115 Å². The Hall–Kier alpha value is -1.40. The number of anilines is 2. The summed E-state index contributed by atoms with van der Waals surface area (Å²) in [5.74, 6) is 8.03.